The van der Waals surface area contributed by atoms with Gasteiger partial charge in [-0.05, 0) is 145 Å². The van der Waals surface area contributed by atoms with Gasteiger partial charge >= 0.3 is 0 Å². The van der Waals surface area contributed by atoms with Gasteiger partial charge in [0.05, 0.1) is 22.2 Å². The third-order valence-corrected chi connectivity index (χ3v) is 17.5. The average molecular weight is 983 g/mol. The molecule has 0 aliphatic heterocycles. The van der Waals surface area contributed by atoms with E-state index < -0.39 is 10.8 Å². The Hall–Kier alpha value is -9.50. The number of anilines is 6. The van der Waals surface area contributed by atoms with E-state index in [2.05, 4.69) is 314 Å². The predicted molar refractivity (Wildman–Crippen MR) is 320 cm³/mol. The summed E-state index contributed by atoms with van der Waals surface area (Å²) >= 11 is 0. The van der Waals surface area contributed by atoms with Crippen molar-refractivity contribution in [2.75, 3.05) is 9.80 Å². The fraction of sp³-hybridized carbons (Fsp3) is 0.0667. The Bertz CT molecular complexity index is 4050. The topological polar surface area (TPSA) is 6.48 Å². The monoisotopic (exact) mass is 982 g/mol. The fourth-order valence-corrected chi connectivity index (χ4v) is 14.5. The van der Waals surface area contributed by atoms with Crippen LogP contribution in [0.1, 0.15) is 57.9 Å². The van der Waals surface area contributed by atoms with Gasteiger partial charge in [-0.1, -0.05) is 237 Å². The van der Waals surface area contributed by atoms with Crippen molar-refractivity contribution in [2.45, 2.75) is 24.2 Å². The van der Waals surface area contributed by atoms with Crippen molar-refractivity contribution in [3.05, 3.63) is 342 Å². The van der Waals surface area contributed by atoms with E-state index in [1.165, 1.54) is 83.5 Å². The molecule has 4 aliphatic rings. The van der Waals surface area contributed by atoms with Crippen LogP contribution in [0, 0.1) is 5.41 Å². The lowest BCUT2D eigenvalue weighted by Crippen LogP contribution is -2.41. The molecule has 1 spiro atoms. The summed E-state index contributed by atoms with van der Waals surface area (Å²) in [4.78, 5) is 5.04. The molecule has 0 amide bonds. The number of rotatable bonds is 9. The summed E-state index contributed by atoms with van der Waals surface area (Å²) in [7, 11) is 0. The molecular weight excluding hydrogens is 929 g/mol. The minimum absolute atomic E-state index is 0.357. The van der Waals surface area contributed by atoms with Crippen molar-refractivity contribution in [2.24, 2.45) is 5.41 Å². The zero-order valence-corrected chi connectivity index (χ0v) is 42.9. The Labute approximate surface area is 451 Å². The number of para-hydroxylation sites is 3. The Morgan fingerprint density at radius 3 is 1.43 bits per heavy atom. The number of nitrogens with zero attached hydrogens (tertiary/aromatic N) is 2. The third-order valence-electron chi connectivity index (χ3n) is 17.5. The quantitative estimate of drug-likeness (QED) is 0.142. The van der Waals surface area contributed by atoms with Gasteiger partial charge in [0.15, 0.2) is 0 Å². The van der Waals surface area contributed by atoms with Gasteiger partial charge in [0.2, 0.25) is 0 Å². The molecule has 364 valence electrons. The van der Waals surface area contributed by atoms with Gasteiger partial charge in [0, 0.05) is 39.3 Å². The summed E-state index contributed by atoms with van der Waals surface area (Å²) in [5.41, 5.74) is 24.4. The highest BCUT2D eigenvalue weighted by Gasteiger charge is 2.63. The molecule has 0 fully saturated rings. The molecule has 2 unspecified atom stereocenters. The Balaban J connectivity index is 1.04. The number of hydrogen-bond donors (Lipinski definition) is 0. The van der Waals surface area contributed by atoms with Gasteiger partial charge in [-0.25, -0.2) is 0 Å². The first-order chi connectivity index (χ1) is 38.1. The molecule has 0 bridgehead atoms. The van der Waals surface area contributed by atoms with Crippen LogP contribution in [0.4, 0.5) is 34.1 Å². The van der Waals surface area contributed by atoms with E-state index in [1.54, 1.807) is 0 Å². The molecule has 0 radical (unpaired) electrons. The summed E-state index contributed by atoms with van der Waals surface area (Å²) in [6.45, 7) is 2.55. The van der Waals surface area contributed by atoms with E-state index >= 15 is 0 Å². The summed E-state index contributed by atoms with van der Waals surface area (Å²) in [5.74, 6) is 0. The second kappa shape index (κ2) is 17.6. The van der Waals surface area contributed by atoms with E-state index in [4.69, 9.17) is 0 Å². The van der Waals surface area contributed by atoms with Crippen LogP contribution in [0.5, 0.6) is 0 Å². The first kappa shape index (κ1) is 44.9. The zero-order valence-electron chi connectivity index (χ0n) is 42.9. The lowest BCUT2D eigenvalue weighted by molar-refractivity contribution is 0.327. The van der Waals surface area contributed by atoms with Crippen molar-refractivity contribution < 1.29 is 0 Å². The minimum atomic E-state index is -0.617. The molecule has 0 heterocycles. The predicted octanol–water partition coefficient (Wildman–Crippen LogP) is 19.3. The normalized spacial score (nSPS) is 17.6. The van der Waals surface area contributed by atoms with Gasteiger partial charge in [0.25, 0.3) is 0 Å². The largest absolute Gasteiger partial charge is 0.310 e. The van der Waals surface area contributed by atoms with Crippen molar-refractivity contribution >= 4 is 39.7 Å². The number of benzene rings is 11. The molecule has 0 saturated carbocycles. The Kier molecular flexibility index (Phi) is 10.2. The molecule has 77 heavy (non-hydrogen) atoms. The van der Waals surface area contributed by atoms with Crippen LogP contribution in [0.25, 0.3) is 39.0 Å². The molecule has 0 aromatic heterocycles. The molecule has 11 aromatic rings. The van der Waals surface area contributed by atoms with Crippen molar-refractivity contribution in [1.82, 2.24) is 0 Å². The van der Waals surface area contributed by atoms with Crippen LogP contribution in [-0.4, -0.2) is 0 Å². The van der Waals surface area contributed by atoms with Gasteiger partial charge < -0.3 is 9.80 Å². The van der Waals surface area contributed by atoms with Crippen LogP contribution < -0.4 is 9.80 Å². The van der Waals surface area contributed by atoms with Crippen LogP contribution in [-0.2, 0) is 10.8 Å². The van der Waals surface area contributed by atoms with Gasteiger partial charge in [-0.3, -0.25) is 0 Å². The highest BCUT2D eigenvalue weighted by Crippen LogP contribution is 2.72. The summed E-state index contributed by atoms with van der Waals surface area (Å²) in [5, 5.41) is 0. The molecule has 2 atom stereocenters. The molecule has 2 nitrogen and oxygen atoms in total. The van der Waals surface area contributed by atoms with Gasteiger partial charge in [0.1, 0.15) is 0 Å². The SMILES string of the molecule is CC12CC=CC=C1c1cc(-c3ccccc3)c(N(c3ccccc3)c3ccccc3)cc1C21c2ccccc2-c2ccc(N(c3ccccc3)c3cccc4c3C(c3ccccc3)(c3ccccc3)c3ccccc3-4)cc21. The number of hydrogen-bond acceptors (Lipinski definition) is 2. The second-order valence-electron chi connectivity index (χ2n) is 21.3. The smallest absolute Gasteiger partial charge is 0.0734 e. The van der Waals surface area contributed by atoms with Crippen molar-refractivity contribution in [1.29, 1.82) is 0 Å². The molecule has 11 aromatic carbocycles. The first-order valence-corrected chi connectivity index (χ1v) is 27.1. The van der Waals surface area contributed by atoms with E-state index in [9.17, 15) is 0 Å². The molecule has 15 rings (SSSR count). The maximum absolute atomic E-state index is 2.59. The van der Waals surface area contributed by atoms with Crippen LogP contribution >= 0.6 is 0 Å². The first-order valence-electron chi connectivity index (χ1n) is 27.1. The fourth-order valence-electron chi connectivity index (χ4n) is 14.5. The van der Waals surface area contributed by atoms with Crippen molar-refractivity contribution in [3.8, 4) is 33.4 Å². The lowest BCUT2D eigenvalue weighted by Gasteiger charge is -2.45. The van der Waals surface area contributed by atoms with Gasteiger partial charge in [-0.2, -0.15) is 0 Å². The van der Waals surface area contributed by atoms with Crippen molar-refractivity contribution in [3.63, 3.8) is 0 Å². The van der Waals surface area contributed by atoms with Crippen LogP contribution in [0.3, 0.4) is 0 Å². The zero-order chi connectivity index (χ0) is 51.1. The maximum Gasteiger partial charge on any atom is 0.0734 e. The summed E-state index contributed by atoms with van der Waals surface area (Å²) in [6.07, 6.45) is 8.02. The average Bonchev–Trinajstić information content (AvgIpc) is 4.23. The minimum Gasteiger partial charge on any atom is -0.310 e. The van der Waals surface area contributed by atoms with Crippen LogP contribution in [0.2, 0.25) is 0 Å². The van der Waals surface area contributed by atoms with E-state index in [-0.39, 0.29) is 5.41 Å². The summed E-state index contributed by atoms with van der Waals surface area (Å²) < 4.78 is 0. The molecule has 4 aliphatic carbocycles. The third kappa shape index (κ3) is 6.36. The highest BCUT2D eigenvalue weighted by atomic mass is 15.2. The standard InChI is InChI=1S/C75H54N2/c1-73-48-25-24-42-65(73)64-50-63(52-27-8-2-9-28-52)71(76(55-33-14-5-15-34-55)56-35-16-6-17-36-56)51-69(64)75(73)67-44-23-21-39-59(67)61-47-46-58(49-68(61)75)77(57-37-18-7-19-38-57)70-45-26-41-62-60-40-20-22-43-66(60)74(72(62)70,53-29-10-3-11-30-53)54-31-12-4-13-32-54/h2-47,49-51H,48H2,1H3. The summed E-state index contributed by atoms with van der Waals surface area (Å²) in [6, 6.07) is 104. The van der Waals surface area contributed by atoms with E-state index in [0.717, 1.165) is 40.5 Å². The number of allylic oxidation sites excluding steroid dienone is 4. The molecule has 0 saturated heterocycles. The Morgan fingerprint density at radius 2 is 0.818 bits per heavy atom. The van der Waals surface area contributed by atoms with E-state index in [0.29, 0.717) is 0 Å². The number of fused-ring (bicyclic) bond motifs is 13. The Morgan fingerprint density at radius 1 is 0.338 bits per heavy atom. The van der Waals surface area contributed by atoms with E-state index in [1.807, 2.05) is 0 Å². The van der Waals surface area contributed by atoms with Crippen LogP contribution in [0.15, 0.2) is 297 Å². The lowest BCUT2D eigenvalue weighted by atomic mass is 9.56. The van der Waals surface area contributed by atoms with Gasteiger partial charge in [-0.15, -0.1) is 0 Å². The second-order valence-corrected chi connectivity index (χ2v) is 21.3. The molecule has 0 N–H and O–H groups in total. The molecular formula is C75H54N2. The highest BCUT2D eigenvalue weighted by molar-refractivity contribution is 6.01. The maximum atomic E-state index is 2.59. The molecule has 2 heteroatoms.